The number of amides is 2. The Labute approximate surface area is 99.5 Å². The van der Waals surface area contributed by atoms with E-state index in [4.69, 9.17) is 17.3 Å². The Hall–Kier alpha value is -1.52. The van der Waals surface area contributed by atoms with Crippen molar-refractivity contribution in [3.8, 4) is 0 Å². The van der Waals surface area contributed by atoms with Crippen LogP contribution in [-0.4, -0.2) is 19.1 Å². The first kappa shape index (κ1) is 12.5. The number of halogens is 1. The molecule has 2 amide bonds. The molecule has 0 spiro atoms. The maximum atomic E-state index is 11.4. The predicted molar refractivity (Wildman–Crippen MR) is 66.7 cm³/mol. The number of urea groups is 1. The van der Waals surface area contributed by atoms with Gasteiger partial charge < -0.3 is 16.4 Å². The first-order valence-electron chi connectivity index (χ1n) is 4.88. The Morgan fingerprint density at radius 2 is 2.25 bits per heavy atom. The molecular formula is C11H14ClN3O. The number of anilines is 1. The third kappa shape index (κ3) is 4.82. The minimum absolute atomic E-state index is 0.274. The van der Waals surface area contributed by atoms with Crippen molar-refractivity contribution in [1.82, 2.24) is 5.32 Å². The summed E-state index contributed by atoms with van der Waals surface area (Å²) in [5, 5.41) is 5.89. The Balaban J connectivity index is 2.37. The van der Waals surface area contributed by atoms with Crippen LogP contribution < -0.4 is 16.4 Å². The number of carbonyl (C=O) groups excluding carboxylic acids is 1. The van der Waals surface area contributed by atoms with Gasteiger partial charge in [0.25, 0.3) is 0 Å². The van der Waals surface area contributed by atoms with Gasteiger partial charge in [-0.05, 0) is 18.2 Å². The molecule has 0 aliphatic carbocycles. The SMILES string of the molecule is NC/C=C/CNC(=O)Nc1cccc(Cl)c1. The summed E-state index contributed by atoms with van der Waals surface area (Å²) in [5.74, 6) is 0. The van der Waals surface area contributed by atoms with Gasteiger partial charge in [-0.1, -0.05) is 29.8 Å². The fourth-order valence-corrected chi connectivity index (χ4v) is 1.26. The molecule has 0 atom stereocenters. The van der Waals surface area contributed by atoms with Crippen LogP contribution in [0.1, 0.15) is 0 Å². The van der Waals surface area contributed by atoms with E-state index >= 15 is 0 Å². The molecule has 0 unspecified atom stereocenters. The molecule has 0 aliphatic rings. The summed E-state index contributed by atoms with van der Waals surface area (Å²) in [6.45, 7) is 0.918. The van der Waals surface area contributed by atoms with Gasteiger partial charge in [0.2, 0.25) is 0 Å². The fourth-order valence-electron chi connectivity index (χ4n) is 1.07. The minimum atomic E-state index is -0.274. The summed E-state index contributed by atoms with van der Waals surface area (Å²) in [6, 6.07) is 6.68. The first-order chi connectivity index (χ1) is 7.72. The lowest BCUT2D eigenvalue weighted by atomic mass is 10.3. The Bertz CT molecular complexity index is 379. The van der Waals surface area contributed by atoms with Crippen molar-refractivity contribution in [3.63, 3.8) is 0 Å². The van der Waals surface area contributed by atoms with Crippen LogP contribution in [0, 0.1) is 0 Å². The number of rotatable bonds is 4. The lowest BCUT2D eigenvalue weighted by Gasteiger charge is -2.05. The molecule has 0 aromatic heterocycles. The van der Waals surface area contributed by atoms with E-state index in [1.165, 1.54) is 0 Å². The third-order valence-corrected chi connectivity index (χ3v) is 2.00. The molecule has 0 saturated carbocycles. The number of nitrogens with one attached hydrogen (secondary N) is 2. The van der Waals surface area contributed by atoms with Crippen LogP contribution in [-0.2, 0) is 0 Å². The van der Waals surface area contributed by atoms with Crippen molar-refractivity contribution < 1.29 is 4.79 Å². The summed E-state index contributed by atoms with van der Waals surface area (Å²) in [6.07, 6.45) is 3.57. The van der Waals surface area contributed by atoms with Crippen LogP contribution in [0.3, 0.4) is 0 Å². The molecule has 0 radical (unpaired) electrons. The van der Waals surface area contributed by atoms with E-state index in [1.54, 1.807) is 36.4 Å². The lowest BCUT2D eigenvalue weighted by molar-refractivity contribution is 0.253. The van der Waals surface area contributed by atoms with Crippen molar-refractivity contribution in [2.45, 2.75) is 0 Å². The van der Waals surface area contributed by atoms with Crippen LogP contribution >= 0.6 is 11.6 Å². The van der Waals surface area contributed by atoms with E-state index < -0.39 is 0 Å². The summed E-state index contributed by atoms with van der Waals surface area (Å²) < 4.78 is 0. The number of benzene rings is 1. The summed E-state index contributed by atoms with van der Waals surface area (Å²) in [7, 11) is 0. The molecule has 1 rings (SSSR count). The Morgan fingerprint density at radius 1 is 1.44 bits per heavy atom. The van der Waals surface area contributed by atoms with E-state index in [9.17, 15) is 4.79 Å². The zero-order chi connectivity index (χ0) is 11.8. The molecule has 5 heteroatoms. The highest BCUT2D eigenvalue weighted by Crippen LogP contribution is 2.14. The van der Waals surface area contributed by atoms with E-state index in [0.717, 1.165) is 0 Å². The molecule has 16 heavy (non-hydrogen) atoms. The van der Waals surface area contributed by atoms with Crippen molar-refractivity contribution in [1.29, 1.82) is 0 Å². The second-order valence-corrected chi connectivity index (χ2v) is 3.49. The molecule has 0 aliphatic heterocycles. The van der Waals surface area contributed by atoms with Gasteiger partial charge in [-0.3, -0.25) is 0 Å². The molecule has 0 fully saturated rings. The third-order valence-electron chi connectivity index (χ3n) is 1.77. The highest BCUT2D eigenvalue weighted by Gasteiger charge is 1.99. The number of hydrogen-bond acceptors (Lipinski definition) is 2. The summed E-state index contributed by atoms with van der Waals surface area (Å²) in [5.41, 5.74) is 5.92. The molecule has 0 bridgehead atoms. The second-order valence-electron chi connectivity index (χ2n) is 3.05. The van der Waals surface area contributed by atoms with Crippen LogP contribution in [0.4, 0.5) is 10.5 Å². The maximum absolute atomic E-state index is 11.4. The molecule has 4 N–H and O–H groups in total. The largest absolute Gasteiger partial charge is 0.334 e. The fraction of sp³-hybridized carbons (Fsp3) is 0.182. The molecule has 4 nitrogen and oxygen atoms in total. The lowest BCUT2D eigenvalue weighted by Crippen LogP contribution is -2.28. The molecule has 0 saturated heterocycles. The standard InChI is InChI=1S/C11H14ClN3O/c12-9-4-3-5-10(8-9)15-11(16)14-7-2-1-6-13/h1-5,8H,6-7,13H2,(H2,14,15,16)/b2-1+. The van der Waals surface area contributed by atoms with Gasteiger partial charge in [0, 0.05) is 23.8 Å². The van der Waals surface area contributed by atoms with Crippen LogP contribution in [0.2, 0.25) is 5.02 Å². The average molecular weight is 240 g/mol. The maximum Gasteiger partial charge on any atom is 0.319 e. The topological polar surface area (TPSA) is 67.1 Å². The van der Waals surface area contributed by atoms with E-state index in [-0.39, 0.29) is 6.03 Å². The normalized spacial score (nSPS) is 10.4. The number of nitrogens with two attached hydrogens (primary N) is 1. The van der Waals surface area contributed by atoms with Gasteiger partial charge in [0.1, 0.15) is 0 Å². The molecule has 0 heterocycles. The summed E-state index contributed by atoms with van der Waals surface area (Å²) >= 11 is 5.78. The van der Waals surface area contributed by atoms with Crippen LogP contribution in [0.5, 0.6) is 0 Å². The van der Waals surface area contributed by atoms with Gasteiger partial charge in [-0.2, -0.15) is 0 Å². The Kier molecular flexibility index (Phi) is 5.39. The quantitative estimate of drug-likeness (QED) is 0.704. The Morgan fingerprint density at radius 3 is 2.94 bits per heavy atom. The molecular weight excluding hydrogens is 226 g/mol. The van der Waals surface area contributed by atoms with Crippen LogP contribution in [0.25, 0.3) is 0 Å². The van der Waals surface area contributed by atoms with Crippen molar-refractivity contribution in [2.75, 3.05) is 18.4 Å². The van der Waals surface area contributed by atoms with E-state index in [2.05, 4.69) is 10.6 Å². The van der Waals surface area contributed by atoms with Crippen molar-refractivity contribution in [3.05, 3.63) is 41.4 Å². The van der Waals surface area contributed by atoms with Gasteiger partial charge in [0.15, 0.2) is 0 Å². The smallest absolute Gasteiger partial charge is 0.319 e. The monoisotopic (exact) mass is 239 g/mol. The van der Waals surface area contributed by atoms with Crippen LogP contribution in [0.15, 0.2) is 36.4 Å². The zero-order valence-electron chi connectivity index (χ0n) is 8.74. The molecule has 1 aromatic rings. The zero-order valence-corrected chi connectivity index (χ0v) is 9.50. The van der Waals surface area contributed by atoms with Crippen molar-refractivity contribution in [2.24, 2.45) is 5.73 Å². The van der Waals surface area contributed by atoms with Gasteiger partial charge >= 0.3 is 6.03 Å². The number of hydrogen-bond donors (Lipinski definition) is 3. The highest BCUT2D eigenvalue weighted by molar-refractivity contribution is 6.30. The molecule has 1 aromatic carbocycles. The van der Waals surface area contributed by atoms with E-state index in [0.29, 0.717) is 23.8 Å². The van der Waals surface area contributed by atoms with Gasteiger partial charge in [-0.25, -0.2) is 4.79 Å². The second kappa shape index (κ2) is 6.87. The molecule has 86 valence electrons. The van der Waals surface area contributed by atoms with E-state index in [1.807, 2.05) is 0 Å². The first-order valence-corrected chi connectivity index (χ1v) is 5.25. The summed E-state index contributed by atoms with van der Waals surface area (Å²) in [4.78, 5) is 11.4. The van der Waals surface area contributed by atoms with Crippen molar-refractivity contribution >= 4 is 23.3 Å². The highest BCUT2D eigenvalue weighted by atomic mass is 35.5. The van der Waals surface area contributed by atoms with Gasteiger partial charge in [-0.15, -0.1) is 0 Å². The minimum Gasteiger partial charge on any atom is -0.334 e. The average Bonchev–Trinajstić information content (AvgIpc) is 2.24. The predicted octanol–water partition coefficient (Wildman–Crippen LogP) is 1.98. The van der Waals surface area contributed by atoms with Gasteiger partial charge in [0.05, 0.1) is 0 Å². The number of carbonyl (C=O) groups is 1.